The highest BCUT2D eigenvalue weighted by molar-refractivity contribution is 8.26. The number of hydrogen-bond acceptors (Lipinski definition) is 5. The number of carbonyl (C=O) groups is 1. The molecule has 0 spiro atoms. The predicted octanol–water partition coefficient (Wildman–Crippen LogP) is 3.14. The van der Waals surface area contributed by atoms with Gasteiger partial charge in [-0.1, -0.05) is 36.1 Å². The molecule has 1 amide bonds. The molecule has 1 aromatic carbocycles. The molecule has 1 saturated heterocycles. The Balaban J connectivity index is 1.92. The minimum absolute atomic E-state index is 0.148. The zero-order valence-electron chi connectivity index (χ0n) is 10.1. The molecule has 3 rings (SSSR count). The van der Waals surface area contributed by atoms with Crippen LogP contribution in [0.15, 0.2) is 45.7 Å². The Morgan fingerprint density at radius 1 is 1.25 bits per heavy atom. The van der Waals surface area contributed by atoms with Crippen LogP contribution in [-0.4, -0.2) is 15.3 Å². The molecule has 6 heteroatoms. The predicted molar refractivity (Wildman–Crippen MR) is 82.1 cm³/mol. The molecule has 1 aromatic heterocycles. The highest BCUT2D eigenvalue weighted by atomic mass is 32.2. The number of phenolic OH excluding ortho intramolecular Hbond substituents is 1. The number of carbonyl (C=O) groups excluding carboxylic acids is 1. The molecule has 2 N–H and O–H groups in total. The zero-order valence-corrected chi connectivity index (χ0v) is 11.8. The second kappa shape index (κ2) is 5.15. The average molecular weight is 303 g/mol. The largest absolute Gasteiger partial charge is 0.507 e. The Kier molecular flexibility index (Phi) is 3.33. The van der Waals surface area contributed by atoms with Crippen LogP contribution in [-0.2, 0) is 4.79 Å². The Morgan fingerprint density at radius 2 is 2.05 bits per heavy atom. The number of benzene rings is 1. The molecular formula is C14H9NO3S2. The summed E-state index contributed by atoms with van der Waals surface area (Å²) in [4.78, 5) is 12.0. The fourth-order valence-electron chi connectivity index (χ4n) is 1.81. The Hall–Kier alpha value is -2.05. The molecule has 1 fully saturated rings. The van der Waals surface area contributed by atoms with Gasteiger partial charge >= 0.3 is 0 Å². The van der Waals surface area contributed by atoms with Crippen molar-refractivity contribution in [2.75, 3.05) is 0 Å². The van der Waals surface area contributed by atoms with E-state index >= 15 is 0 Å². The maximum atomic E-state index is 11.6. The smallest absolute Gasteiger partial charge is 0.263 e. The van der Waals surface area contributed by atoms with E-state index in [0.29, 0.717) is 26.3 Å². The number of aromatic hydroxyl groups is 1. The number of thiocarbonyl (C=S) groups is 1. The molecule has 100 valence electrons. The van der Waals surface area contributed by atoms with E-state index in [4.69, 9.17) is 16.6 Å². The van der Waals surface area contributed by atoms with Crippen molar-refractivity contribution in [1.82, 2.24) is 5.32 Å². The van der Waals surface area contributed by atoms with Crippen molar-refractivity contribution >= 4 is 40.3 Å². The number of furan rings is 1. The Bertz CT molecular complexity index is 734. The van der Waals surface area contributed by atoms with Crippen LogP contribution in [0.1, 0.15) is 5.76 Å². The highest BCUT2D eigenvalue weighted by Crippen LogP contribution is 2.32. The zero-order chi connectivity index (χ0) is 14.1. The van der Waals surface area contributed by atoms with Crippen molar-refractivity contribution in [3.05, 3.63) is 47.1 Å². The second-order valence-electron chi connectivity index (χ2n) is 4.07. The minimum Gasteiger partial charge on any atom is -0.507 e. The fraction of sp³-hybridized carbons (Fsp3) is 0. The molecule has 0 saturated carbocycles. The summed E-state index contributed by atoms with van der Waals surface area (Å²) in [5.41, 5.74) is 0.608. The van der Waals surface area contributed by atoms with Gasteiger partial charge in [0.1, 0.15) is 21.6 Å². The van der Waals surface area contributed by atoms with E-state index in [1.807, 2.05) is 6.07 Å². The van der Waals surface area contributed by atoms with Crippen LogP contribution >= 0.6 is 24.0 Å². The topological polar surface area (TPSA) is 62.5 Å². The van der Waals surface area contributed by atoms with Gasteiger partial charge in [-0.05, 0) is 24.3 Å². The van der Waals surface area contributed by atoms with Crippen molar-refractivity contribution in [3.63, 3.8) is 0 Å². The lowest BCUT2D eigenvalue weighted by Crippen LogP contribution is -2.17. The van der Waals surface area contributed by atoms with E-state index in [1.165, 1.54) is 11.8 Å². The quantitative estimate of drug-likeness (QED) is 0.659. The lowest BCUT2D eigenvalue weighted by Gasteiger charge is -1.99. The lowest BCUT2D eigenvalue weighted by atomic mass is 10.1. The summed E-state index contributed by atoms with van der Waals surface area (Å²) in [5.74, 6) is 1.00. The molecule has 2 aromatic rings. The number of nitrogens with one attached hydrogen (secondary N) is 1. The van der Waals surface area contributed by atoms with Gasteiger partial charge in [0.2, 0.25) is 0 Å². The van der Waals surface area contributed by atoms with E-state index in [1.54, 1.807) is 36.4 Å². The molecule has 1 aliphatic heterocycles. The maximum absolute atomic E-state index is 11.6. The maximum Gasteiger partial charge on any atom is 0.263 e. The van der Waals surface area contributed by atoms with E-state index in [2.05, 4.69) is 5.32 Å². The van der Waals surface area contributed by atoms with E-state index < -0.39 is 0 Å². The van der Waals surface area contributed by atoms with Crippen LogP contribution in [0.4, 0.5) is 0 Å². The number of hydrogen-bond donors (Lipinski definition) is 2. The number of thioether (sulfide) groups is 1. The minimum atomic E-state index is -0.222. The van der Waals surface area contributed by atoms with Crippen molar-refractivity contribution in [2.24, 2.45) is 0 Å². The first kappa shape index (κ1) is 13.0. The lowest BCUT2D eigenvalue weighted by molar-refractivity contribution is -0.115. The van der Waals surface area contributed by atoms with E-state index in [-0.39, 0.29) is 11.7 Å². The van der Waals surface area contributed by atoms with Gasteiger partial charge in [-0.2, -0.15) is 0 Å². The monoisotopic (exact) mass is 303 g/mol. The van der Waals surface area contributed by atoms with Gasteiger partial charge in [0, 0.05) is 6.08 Å². The summed E-state index contributed by atoms with van der Waals surface area (Å²) in [6, 6.07) is 10.4. The van der Waals surface area contributed by atoms with Crippen LogP contribution in [0.5, 0.6) is 5.75 Å². The van der Waals surface area contributed by atoms with Gasteiger partial charge in [-0.15, -0.1) is 0 Å². The molecule has 0 bridgehead atoms. The van der Waals surface area contributed by atoms with Gasteiger partial charge in [-0.3, -0.25) is 4.79 Å². The molecule has 2 heterocycles. The molecule has 1 aliphatic rings. The average Bonchev–Trinajstić information content (AvgIpc) is 2.98. The molecule has 0 aliphatic carbocycles. The third-order valence-electron chi connectivity index (χ3n) is 2.71. The first-order chi connectivity index (χ1) is 9.63. The van der Waals surface area contributed by atoms with Gasteiger partial charge in [0.05, 0.1) is 10.5 Å². The molecule has 0 radical (unpaired) electrons. The Morgan fingerprint density at radius 3 is 2.75 bits per heavy atom. The number of phenols is 1. The normalized spacial score (nSPS) is 16.7. The second-order valence-corrected chi connectivity index (χ2v) is 5.79. The van der Waals surface area contributed by atoms with E-state index in [9.17, 15) is 9.90 Å². The summed E-state index contributed by atoms with van der Waals surface area (Å²) in [5, 5.41) is 12.3. The van der Waals surface area contributed by atoms with Crippen molar-refractivity contribution in [1.29, 1.82) is 0 Å². The van der Waals surface area contributed by atoms with Crippen molar-refractivity contribution in [2.45, 2.75) is 0 Å². The molecule has 0 unspecified atom stereocenters. The van der Waals surface area contributed by atoms with Gasteiger partial charge < -0.3 is 14.8 Å². The molecule has 20 heavy (non-hydrogen) atoms. The fourth-order valence-corrected chi connectivity index (χ4v) is 2.83. The van der Waals surface area contributed by atoms with Crippen LogP contribution in [0.2, 0.25) is 0 Å². The summed E-state index contributed by atoms with van der Waals surface area (Å²) < 4.78 is 6.06. The standard InChI is InChI=1S/C14H9NO3S2/c16-10-4-2-1-3-9(10)11-6-5-8(18-11)7-12-13(17)15-14(19)20-12/h1-7,16H,(H,15,17,19)/b12-7+. The number of amides is 1. The summed E-state index contributed by atoms with van der Waals surface area (Å²) in [6.07, 6.45) is 1.63. The first-order valence-corrected chi connectivity index (χ1v) is 6.99. The third-order valence-corrected chi connectivity index (χ3v) is 3.87. The van der Waals surface area contributed by atoms with Crippen LogP contribution < -0.4 is 5.32 Å². The SMILES string of the molecule is O=C1NC(=S)S/C1=C/c1ccc(-c2ccccc2O)o1. The number of para-hydroxylation sites is 1. The molecule has 4 nitrogen and oxygen atoms in total. The summed E-state index contributed by atoms with van der Waals surface area (Å²) in [6.45, 7) is 0. The molecular weight excluding hydrogens is 294 g/mol. The molecule has 0 atom stereocenters. The third kappa shape index (κ3) is 2.48. The van der Waals surface area contributed by atoms with Crippen molar-refractivity contribution < 1.29 is 14.3 Å². The van der Waals surface area contributed by atoms with Crippen LogP contribution in [0.3, 0.4) is 0 Å². The van der Waals surface area contributed by atoms with Crippen molar-refractivity contribution in [3.8, 4) is 17.1 Å². The first-order valence-electron chi connectivity index (χ1n) is 5.76. The Labute approximate surface area is 124 Å². The summed E-state index contributed by atoms with van der Waals surface area (Å²) >= 11 is 6.11. The number of rotatable bonds is 2. The summed E-state index contributed by atoms with van der Waals surface area (Å²) in [7, 11) is 0. The highest BCUT2D eigenvalue weighted by Gasteiger charge is 2.22. The van der Waals surface area contributed by atoms with E-state index in [0.717, 1.165) is 0 Å². The van der Waals surface area contributed by atoms with Gasteiger partial charge in [0.25, 0.3) is 5.91 Å². The van der Waals surface area contributed by atoms with Crippen LogP contribution in [0.25, 0.3) is 17.4 Å². The van der Waals surface area contributed by atoms with Gasteiger partial charge in [-0.25, -0.2) is 0 Å². The van der Waals surface area contributed by atoms with Crippen LogP contribution in [0, 0.1) is 0 Å². The van der Waals surface area contributed by atoms with Gasteiger partial charge in [0.15, 0.2) is 0 Å².